The summed E-state index contributed by atoms with van der Waals surface area (Å²) in [7, 11) is -2.07. The molecule has 2 amide bonds. The van der Waals surface area contributed by atoms with Gasteiger partial charge in [0.25, 0.3) is 10.0 Å². The Kier molecular flexibility index (Phi) is 5.56. The number of aryl methyl sites for hydroxylation is 1. The van der Waals surface area contributed by atoms with Crippen LogP contribution < -0.4 is 15.4 Å². The Bertz CT molecular complexity index is 770. The molecule has 0 fully saturated rings. The molecule has 1 aromatic carbocycles. The number of nitrogens with zero attached hydrogens (tertiary/aromatic N) is 1. The lowest BCUT2D eigenvalue weighted by atomic mass is 10.2. The maximum absolute atomic E-state index is 12.0. The number of urea groups is 1. The zero-order valence-electron chi connectivity index (χ0n) is 12.8. The molecule has 2 aromatic rings. The van der Waals surface area contributed by atoms with Crippen molar-refractivity contribution >= 4 is 32.5 Å². The maximum Gasteiger partial charge on any atom is 0.328 e. The standard InChI is InChI=1S/C14H18N4O3S2/c1-10-3-5-12(6-4-10)23(20,21)18-13(19)16-8-7-11-9-22-14(15-2)17-11/h3-6,9H,7-8H2,1-2H3,(H,15,17)(H2,16,18,19). The Labute approximate surface area is 139 Å². The number of nitrogens with one attached hydrogen (secondary N) is 3. The molecule has 0 atom stereocenters. The van der Waals surface area contributed by atoms with Gasteiger partial charge in [-0.25, -0.2) is 22.9 Å². The van der Waals surface area contributed by atoms with Crippen molar-refractivity contribution in [2.45, 2.75) is 18.2 Å². The fraction of sp³-hybridized carbons (Fsp3) is 0.286. The van der Waals surface area contributed by atoms with Crippen LogP contribution in [-0.4, -0.2) is 33.0 Å². The van der Waals surface area contributed by atoms with Gasteiger partial charge in [0.05, 0.1) is 10.6 Å². The fourth-order valence-electron chi connectivity index (χ4n) is 1.78. The van der Waals surface area contributed by atoms with Gasteiger partial charge in [-0.15, -0.1) is 11.3 Å². The van der Waals surface area contributed by atoms with E-state index in [0.29, 0.717) is 13.0 Å². The first kappa shape index (κ1) is 17.2. The topological polar surface area (TPSA) is 100 Å². The molecule has 0 saturated heterocycles. The van der Waals surface area contributed by atoms with Crippen LogP contribution in [0.1, 0.15) is 11.3 Å². The number of anilines is 1. The van der Waals surface area contributed by atoms with E-state index < -0.39 is 16.1 Å². The Balaban J connectivity index is 1.85. The lowest BCUT2D eigenvalue weighted by molar-refractivity contribution is 0.246. The number of sulfonamides is 1. The lowest BCUT2D eigenvalue weighted by Gasteiger charge is -2.08. The summed E-state index contributed by atoms with van der Waals surface area (Å²) in [6.07, 6.45) is 0.524. The summed E-state index contributed by atoms with van der Waals surface area (Å²) in [4.78, 5) is 16.0. The van der Waals surface area contributed by atoms with E-state index in [4.69, 9.17) is 0 Å². The molecule has 7 nitrogen and oxygen atoms in total. The molecule has 2 rings (SSSR count). The molecule has 0 bridgehead atoms. The van der Waals surface area contributed by atoms with Crippen LogP contribution in [0.2, 0.25) is 0 Å². The van der Waals surface area contributed by atoms with E-state index >= 15 is 0 Å². The molecule has 9 heteroatoms. The van der Waals surface area contributed by atoms with Gasteiger partial charge in [-0.1, -0.05) is 17.7 Å². The van der Waals surface area contributed by atoms with Gasteiger partial charge in [0.15, 0.2) is 5.13 Å². The largest absolute Gasteiger partial charge is 0.365 e. The third-order valence-electron chi connectivity index (χ3n) is 2.99. The van der Waals surface area contributed by atoms with Gasteiger partial charge in [0.2, 0.25) is 0 Å². The van der Waals surface area contributed by atoms with Crippen LogP contribution in [0.4, 0.5) is 9.93 Å². The molecular weight excluding hydrogens is 336 g/mol. The Morgan fingerprint density at radius 2 is 1.96 bits per heavy atom. The highest BCUT2D eigenvalue weighted by molar-refractivity contribution is 7.90. The monoisotopic (exact) mass is 354 g/mol. The molecule has 0 saturated carbocycles. The lowest BCUT2D eigenvalue weighted by Crippen LogP contribution is -2.40. The number of thiazole rings is 1. The van der Waals surface area contributed by atoms with E-state index in [0.717, 1.165) is 16.4 Å². The van der Waals surface area contributed by atoms with Crippen molar-refractivity contribution in [3.8, 4) is 0 Å². The van der Waals surface area contributed by atoms with Gasteiger partial charge < -0.3 is 10.6 Å². The quantitative estimate of drug-likeness (QED) is 0.733. The zero-order valence-corrected chi connectivity index (χ0v) is 14.4. The van der Waals surface area contributed by atoms with Crippen LogP contribution in [-0.2, 0) is 16.4 Å². The van der Waals surface area contributed by atoms with Gasteiger partial charge in [0, 0.05) is 25.4 Å². The first-order valence-corrected chi connectivity index (χ1v) is 9.26. The zero-order chi connectivity index (χ0) is 16.9. The molecule has 3 N–H and O–H groups in total. The van der Waals surface area contributed by atoms with Crippen LogP contribution in [0.3, 0.4) is 0 Å². The molecule has 23 heavy (non-hydrogen) atoms. The average Bonchev–Trinajstić information content (AvgIpc) is 2.95. The van der Waals surface area contributed by atoms with E-state index in [-0.39, 0.29) is 4.90 Å². The van der Waals surface area contributed by atoms with Gasteiger partial charge >= 0.3 is 6.03 Å². The van der Waals surface area contributed by atoms with Crippen molar-refractivity contribution in [2.75, 3.05) is 18.9 Å². The smallest absolute Gasteiger partial charge is 0.328 e. The minimum absolute atomic E-state index is 0.0522. The Morgan fingerprint density at radius 3 is 2.57 bits per heavy atom. The Morgan fingerprint density at radius 1 is 1.26 bits per heavy atom. The average molecular weight is 354 g/mol. The normalized spacial score (nSPS) is 11.0. The first-order valence-electron chi connectivity index (χ1n) is 6.90. The Hall–Kier alpha value is -2.13. The molecule has 0 aliphatic heterocycles. The molecule has 124 valence electrons. The number of amides is 2. The summed E-state index contributed by atoms with van der Waals surface area (Å²) in [6.45, 7) is 2.15. The molecular formula is C14H18N4O3S2. The van der Waals surface area contributed by atoms with Crippen molar-refractivity contribution < 1.29 is 13.2 Å². The van der Waals surface area contributed by atoms with Crippen molar-refractivity contribution in [1.82, 2.24) is 15.0 Å². The first-order chi connectivity index (χ1) is 10.9. The summed E-state index contributed by atoms with van der Waals surface area (Å²) in [5, 5.41) is 8.12. The van der Waals surface area contributed by atoms with E-state index in [2.05, 4.69) is 15.6 Å². The SMILES string of the molecule is CNc1nc(CCNC(=O)NS(=O)(=O)c2ccc(C)cc2)cs1. The second-order valence-corrected chi connectivity index (χ2v) is 7.36. The predicted octanol–water partition coefficient (Wildman–Crippen LogP) is 1.72. The predicted molar refractivity (Wildman–Crippen MR) is 90.3 cm³/mol. The van der Waals surface area contributed by atoms with E-state index in [1.807, 2.05) is 17.0 Å². The minimum Gasteiger partial charge on any atom is -0.365 e. The van der Waals surface area contributed by atoms with E-state index in [1.165, 1.54) is 23.5 Å². The van der Waals surface area contributed by atoms with Crippen LogP contribution in [0.25, 0.3) is 0 Å². The molecule has 1 heterocycles. The van der Waals surface area contributed by atoms with Crippen LogP contribution in [0.15, 0.2) is 34.5 Å². The summed E-state index contributed by atoms with van der Waals surface area (Å²) in [5.41, 5.74) is 1.78. The molecule has 1 aromatic heterocycles. The second-order valence-electron chi connectivity index (χ2n) is 4.82. The molecule has 0 aliphatic carbocycles. The molecule has 0 unspecified atom stereocenters. The van der Waals surface area contributed by atoms with E-state index in [1.54, 1.807) is 19.2 Å². The molecule has 0 aliphatic rings. The van der Waals surface area contributed by atoms with Crippen molar-refractivity contribution in [3.63, 3.8) is 0 Å². The summed E-state index contributed by atoms with van der Waals surface area (Å²) in [6, 6.07) is 5.51. The number of carbonyl (C=O) groups excluding carboxylic acids is 1. The van der Waals surface area contributed by atoms with Crippen LogP contribution in [0.5, 0.6) is 0 Å². The second kappa shape index (κ2) is 7.42. The van der Waals surface area contributed by atoms with Crippen LogP contribution >= 0.6 is 11.3 Å². The number of rotatable bonds is 6. The number of aromatic nitrogens is 1. The van der Waals surface area contributed by atoms with Crippen molar-refractivity contribution in [3.05, 3.63) is 40.9 Å². The van der Waals surface area contributed by atoms with Gasteiger partial charge in [-0.3, -0.25) is 0 Å². The summed E-state index contributed by atoms with van der Waals surface area (Å²) in [5.74, 6) is 0. The third-order valence-corrected chi connectivity index (χ3v) is 5.25. The van der Waals surface area contributed by atoms with Gasteiger partial charge in [-0.05, 0) is 19.1 Å². The van der Waals surface area contributed by atoms with E-state index in [9.17, 15) is 13.2 Å². The summed E-state index contributed by atoms with van der Waals surface area (Å²) >= 11 is 1.47. The highest BCUT2D eigenvalue weighted by atomic mass is 32.2. The minimum atomic E-state index is -3.86. The molecule has 0 spiro atoms. The number of hydrogen-bond acceptors (Lipinski definition) is 6. The van der Waals surface area contributed by atoms with Gasteiger partial charge in [0.1, 0.15) is 0 Å². The number of carbonyl (C=O) groups is 1. The van der Waals surface area contributed by atoms with Crippen molar-refractivity contribution in [1.29, 1.82) is 0 Å². The number of benzene rings is 1. The third kappa shape index (κ3) is 4.93. The van der Waals surface area contributed by atoms with Crippen molar-refractivity contribution in [2.24, 2.45) is 0 Å². The van der Waals surface area contributed by atoms with Gasteiger partial charge in [-0.2, -0.15) is 0 Å². The molecule has 0 radical (unpaired) electrons. The van der Waals surface area contributed by atoms with Crippen LogP contribution in [0, 0.1) is 6.92 Å². The highest BCUT2D eigenvalue weighted by Crippen LogP contribution is 2.14. The fourth-order valence-corrected chi connectivity index (χ4v) is 3.41. The maximum atomic E-state index is 12.0. The number of hydrogen-bond donors (Lipinski definition) is 3. The summed E-state index contributed by atoms with van der Waals surface area (Å²) < 4.78 is 26.1. The highest BCUT2D eigenvalue weighted by Gasteiger charge is 2.16.